The first kappa shape index (κ1) is 16.1. The van der Waals surface area contributed by atoms with Gasteiger partial charge in [-0.15, -0.1) is 11.3 Å². The molecule has 0 atom stereocenters. The molecule has 3 heterocycles. The molecule has 0 radical (unpaired) electrons. The molecule has 0 amide bonds. The molecular weight excluding hydrogens is 334 g/mol. The maximum absolute atomic E-state index is 5.47. The Morgan fingerprint density at radius 2 is 1.80 bits per heavy atom. The summed E-state index contributed by atoms with van der Waals surface area (Å²) in [6.07, 6.45) is 2.45. The van der Waals surface area contributed by atoms with Crippen LogP contribution in [-0.2, 0) is 0 Å². The first-order valence-corrected chi connectivity index (χ1v) is 9.32. The summed E-state index contributed by atoms with van der Waals surface area (Å²) >= 11 is 1.67. The average Bonchev–Trinajstić information content (AvgIpc) is 3.30. The lowest BCUT2D eigenvalue weighted by molar-refractivity contribution is 0.355. The first-order chi connectivity index (χ1) is 12.2. The van der Waals surface area contributed by atoms with Crippen LogP contribution in [0.3, 0.4) is 0 Å². The second-order valence-corrected chi connectivity index (χ2v) is 7.05. The molecule has 1 aliphatic heterocycles. The molecule has 1 saturated heterocycles. The van der Waals surface area contributed by atoms with E-state index in [1.807, 2.05) is 19.1 Å². The monoisotopic (exact) mass is 355 g/mol. The highest BCUT2D eigenvalue weighted by atomic mass is 32.1. The van der Waals surface area contributed by atoms with E-state index in [0.29, 0.717) is 0 Å². The van der Waals surface area contributed by atoms with Crippen LogP contribution in [0.15, 0.2) is 23.6 Å². The number of hydrogen-bond donors (Lipinski definition) is 0. The van der Waals surface area contributed by atoms with Crippen LogP contribution in [0.25, 0.3) is 21.3 Å². The minimum Gasteiger partial charge on any atom is -0.493 e. The first-order valence-electron chi connectivity index (χ1n) is 8.44. The molecule has 1 aromatic carbocycles. The zero-order valence-corrected chi connectivity index (χ0v) is 15.5. The van der Waals surface area contributed by atoms with Gasteiger partial charge in [0.05, 0.1) is 19.6 Å². The Kier molecular flexibility index (Phi) is 4.21. The van der Waals surface area contributed by atoms with Gasteiger partial charge in [-0.25, -0.2) is 9.97 Å². The smallest absolute Gasteiger partial charge is 0.161 e. The molecule has 6 heteroatoms. The Bertz CT molecular complexity index is 916. The van der Waals surface area contributed by atoms with Crippen molar-refractivity contribution in [2.75, 3.05) is 32.2 Å². The van der Waals surface area contributed by atoms with Crippen molar-refractivity contribution in [3.05, 3.63) is 29.4 Å². The lowest BCUT2D eigenvalue weighted by Gasteiger charge is -2.18. The van der Waals surface area contributed by atoms with Crippen molar-refractivity contribution in [2.24, 2.45) is 0 Å². The second kappa shape index (κ2) is 6.52. The summed E-state index contributed by atoms with van der Waals surface area (Å²) in [4.78, 5) is 12.9. The van der Waals surface area contributed by atoms with Gasteiger partial charge >= 0.3 is 0 Å². The molecule has 25 heavy (non-hydrogen) atoms. The normalized spacial score (nSPS) is 14.3. The van der Waals surface area contributed by atoms with Gasteiger partial charge in [0.2, 0.25) is 0 Å². The molecule has 0 bridgehead atoms. The Morgan fingerprint density at radius 1 is 1.04 bits per heavy atom. The Balaban J connectivity index is 1.91. The highest BCUT2D eigenvalue weighted by Gasteiger charge is 2.21. The van der Waals surface area contributed by atoms with E-state index >= 15 is 0 Å². The summed E-state index contributed by atoms with van der Waals surface area (Å²) in [7, 11) is 3.31. The van der Waals surface area contributed by atoms with E-state index < -0.39 is 0 Å². The molecule has 0 N–H and O–H groups in total. The number of methoxy groups -OCH3 is 2. The molecule has 0 aliphatic carbocycles. The third-order valence-corrected chi connectivity index (χ3v) is 5.50. The van der Waals surface area contributed by atoms with Crippen molar-refractivity contribution in [1.29, 1.82) is 0 Å². The fourth-order valence-electron chi connectivity index (χ4n) is 3.40. The molecule has 3 aromatic rings. The number of hydrogen-bond acceptors (Lipinski definition) is 6. The quantitative estimate of drug-likeness (QED) is 0.699. The fraction of sp³-hybridized carbons (Fsp3) is 0.368. The number of benzene rings is 1. The van der Waals surface area contributed by atoms with Crippen LogP contribution in [0.4, 0.5) is 5.82 Å². The average molecular weight is 355 g/mol. The minimum absolute atomic E-state index is 0.732. The maximum atomic E-state index is 5.47. The zero-order chi connectivity index (χ0) is 17.4. The van der Waals surface area contributed by atoms with Crippen LogP contribution in [-0.4, -0.2) is 37.3 Å². The molecule has 0 saturated carbocycles. The van der Waals surface area contributed by atoms with Crippen molar-refractivity contribution < 1.29 is 9.47 Å². The molecular formula is C19H21N3O2S. The van der Waals surface area contributed by atoms with Gasteiger partial charge < -0.3 is 14.4 Å². The summed E-state index contributed by atoms with van der Waals surface area (Å²) in [5.41, 5.74) is 2.25. The van der Waals surface area contributed by atoms with Gasteiger partial charge in [0, 0.05) is 24.0 Å². The Labute approximate surface area is 151 Å². The van der Waals surface area contributed by atoms with Gasteiger partial charge in [-0.1, -0.05) is 6.07 Å². The summed E-state index contributed by atoms with van der Waals surface area (Å²) in [6.45, 7) is 4.09. The number of aromatic nitrogens is 2. The van der Waals surface area contributed by atoms with Crippen LogP contribution < -0.4 is 14.4 Å². The fourth-order valence-corrected chi connectivity index (χ4v) is 4.39. The summed E-state index contributed by atoms with van der Waals surface area (Å²) in [5, 5.41) is 3.31. The van der Waals surface area contributed by atoms with Crippen LogP contribution >= 0.6 is 11.3 Å². The van der Waals surface area contributed by atoms with E-state index in [9.17, 15) is 0 Å². The van der Waals surface area contributed by atoms with Gasteiger partial charge in [0.25, 0.3) is 0 Å². The van der Waals surface area contributed by atoms with E-state index in [1.54, 1.807) is 25.6 Å². The maximum Gasteiger partial charge on any atom is 0.161 e. The highest BCUT2D eigenvalue weighted by molar-refractivity contribution is 7.17. The van der Waals surface area contributed by atoms with Crippen LogP contribution in [0.1, 0.15) is 18.7 Å². The number of nitrogens with zero attached hydrogens (tertiary/aromatic N) is 3. The third kappa shape index (κ3) is 2.80. The third-order valence-electron chi connectivity index (χ3n) is 4.63. The number of anilines is 1. The van der Waals surface area contributed by atoms with Gasteiger partial charge in [0.15, 0.2) is 11.5 Å². The van der Waals surface area contributed by atoms with Crippen LogP contribution in [0, 0.1) is 6.92 Å². The molecule has 130 valence electrons. The molecule has 1 fully saturated rings. The van der Waals surface area contributed by atoms with Gasteiger partial charge in [0.1, 0.15) is 16.5 Å². The number of ether oxygens (including phenoxy) is 2. The summed E-state index contributed by atoms with van der Waals surface area (Å²) in [5.74, 6) is 3.36. The predicted octanol–water partition coefficient (Wildman–Crippen LogP) is 4.28. The van der Waals surface area contributed by atoms with E-state index in [1.165, 1.54) is 12.8 Å². The van der Waals surface area contributed by atoms with Crippen LogP contribution in [0.2, 0.25) is 0 Å². The number of rotatable bonds is 4. The molecule has 2 aromatic heterocycles. The molecule has 1 aliphatic rings. The molecule has 0 spiro atoms. The van der Waals surface area contributed by atoms with Gasteiger partial charge in [-0.3, -0.25) is 0 Å². The second-order valence-electron chi connectivity index (χ2n) is 6.19. The lowest BCUT2D eigenvalue weighted by Crippen LogP contribution is -2.19. The number of fused-ring (bicyclic) bond motifs is 1. The molecule has 4 rings (SSSR count). The topological polar surface area (TPSA) is 47.5 Å². The van der Waals surface area contributed by atoms with Crippen molar-refractivity contribution in [2.45, 2.75) is 19.8 Å². The predicted molar refractivity (Wildman–Crippen MR) is 102 cm³/mol. The van der Waals surface area contributed by atoms with E-state index in [2.05, 4.69) is 21.3 Å². The van der Waals surface area contributed by atoms with Crippen molar-refractivity contribution >= 4 is 27.4 Å². The van der Waals surface area contributed by atoms with Crippen molar-refractivity contribution in [1.82, 2.24) is 9.97 Å². The van der Waals surface area contributed by atoms with Gasteiger partial charge in [-0.2, -0.15) is 0 Å². The SMILES string of the molecule is COc1ccc(-c2csc3nc(C)nc(N4CCCC4)c23)cc1OC. The van der Waals surface area contributed by atoms with Crippen LogP contribution in [0.5, 0.6) is 11.5 Å². The Hall–Kier alpha value is -2.34. The summed E-state index contributed by atoms with van der Waals surface area (Å²) in [6, 6.07) is 6.03. The number of aryl methyl sites for hydroxylation is 1. The Morgan fingerprint density at radius 3 is 2.52 bits per heavy atom. The van der Waals surface area contributed by atoms with Crippen molar-refractivity contribution in [3.8, 4) is 22.6 Å². The summed E-state index contributed by atoms with van der Waals surface area (Å²) < 4.78 is 10.8. The minimum atomic E-state index is 0.732. The van der Waals surface area contributed by atoms with E-state index in [0.717, 1.165) is 57.6 Å². The molecule has 0 unspecified atom stereocenters. The lowest BCUT2D eigenvalue weighted by atomic mass is 10.0. The zero-order valence-electron chi connectivity index (χ0n) is 14.7. The van der Waals surface area contributed by atoms with E-state index in [4.69, 9.17) is 14.5 Å². The standard InChI is InChI=1S/C19H21N3O2S/c1-12-20-18(22-8-4-5-9-22)17-14(11-25-19(17)21-12)13-6-7-15(23-2)16(10-13)24-3/h6-7,10-11H,4-5,8-9H2,1-3H3. The number of thiophene rings is 1. The van der Waals surface area contributed by atoms with Crippen molar-refractivity contribution in [3.63, 3.8) is 0 Å². The highest BCUT2D eigenvalue weighted by Crippen LogP contribution is 2.41. The largest absolute Gasteiger partial charge is 0.493 e. The van der Waals surface area contributed by atoms with Gasteiger partial charge in [-0.05, 0) is 37.5 Å². The van der Waals surface area contributed by atoms with E-state index in [-0.39, 0.29) is 0 Å². The molecule has 5 nitrogen and oxygen atoms in total.